The fourth-order valence-electron chi connectivity index (χ4n) is 2.57. The molecule has 2 N–H and O–H groups in total. The second-order valence-corrected chi connectivity index (χ2v) is 7.32. The van der Waals surface area contributed by atoms with E-state index in [1.807, 2.05) is 6.08 Å². The molecule has 2 atom stereocenters. The van der Waals surface area contributed by atoms with E-state index in [1.165, 1.54) is 0 Å². The predicted octanol–water partition coefficient (Wildman–Crippen LogP) is 3.51. The number of carboxylic acids is 1. The molecule has 124 valence electrons. The van der Waals surface area contributed by atoms with Crippen LogP contribution in [0.5, 0.6) is 0 Å². The zero-order valence-electron chi connectivity index (χ0n) is 14.3. The Hall–Kier alpha value is -1.78. The van der Waals surface area contributed by atoms with Gasteiger partial charge in [-0.25, -0.2) is 4.79 Å². The van der Waals surface area contributed by atoms with Gasteiger partial charge in [0, 0.05) is 0 Å². The lowest BCUT2D eigenvalue weighted by atomic mass is 9.73. The maximum absolute atomic E-state index is 12.2. The van der Waals surface area contributed by atoms with Gasteiger partial charge in [0.25, 0.3) is 0 Å². The van der Waals surface area contributed by atoms with E-state index in [2.05, 4.69) is 19.2 Å². The Morgan fingerprint density at radius 3 is 2.45 bits per heavy atom. The number of ether oxygens (including phenoxy) is 1. The van der Waals surface area contributed by atoms with Crippen LogP contribution < -0.4 is 5.32 Å². The Bertz CT molecular complexity index is 499. The second kappa shape index (κ2) is 6.55. The van der Waals surface area contributed by atoms with E-state index in [-0.39, 0.29) is 0 Å². The molecule has 0 aromatic carbocycles. The highest BCUT2D eigenvalue weighted by molar-refractivity contribution is 5.79. The summed E-state index contributed by atoms with van der Waals surface area (Å²) in [6.45, 7) is 11.2. The minimum atomic E-state index is -0.993. The molecule has 0 spiro atoms. The molecule has 0 aromatic heterocycles. The third-order valence-corrected chi connectivity index (χ3v) is 3.54. The van der Waals surface area contributed by atoms with Gasteiger partial charge in [0.1, 0.15) is 11.5 Å². The molecule has 1 amide bonds. The normalized spacial score (nSPS) is 24.9. The summed E-state index contributed by atoms with van der Waals surface area (Å²) in [5, 5.41) is 12.3. The Kier molecular flexibility index (Phi) is 5.44. The van der Waals surface area contributed by atoms with Crippen molar-refractivity contribution < 1.29 is 19.4 Å². The number of carboxylic acid groups (broad SMARTS) is 1. The van der Waals surface area contributed by atoms with E-state index in [0.717, 1.165) is 5.57 Å². The minimum Gasteiger partial charge on any atom is -0.481 e. The average molecular weight is 309 g/mol. The third kappa shape index (κ3) is 4.61. The first-order chi connectivity index (χ1) is 9.95. The molecular formula is C17H27NO4. The van der Waals surface area contributed by atoms with Crippen molar-refractivity contribution in [3.8, 4) is 0 Å². The van der Waals surface area contributed by atoms with Gasteiger partial charge in [0.2, 0.25) is 0 Å². The largest absolute Gasteiger partial charge is 0.481 e. The Balaban J connectivity index is 3.08. The first-order valence-electron chi connectivity index (χ1n) is 7.57. The number of allylic oxidation sites excluding steroid dienone is 2. The van der Waals surface area contributed by atoms with Gasteiger partial charge in [-0.2, -0.15) is 0 Å². The molecule has 0 radical (unpaired) electrons. The van der Waals surface area contributed by atoms with E-state index in [4.69, 9.17) is 4.74 Å². The molecule has 0 aliphatic heterocycles. The lowest BCUT2D eigenvalue weighted by Crippen LogP contribution is -2.56. The zero-order chi connectivity index (χ0) is 17.1. The molecule has 22 heavy (non-hydrogen) atoms. The summed E-state index contributed by atoms with van der Waals surface area (Å²) >= 11 is 0. The van der Waals surface area contributed by atoms with Crippen molar-refractivity contribution in [1.82, 2.24) is 5.32 Å². The quantitative estimate of drug-likeness (QED) is 0.833. The second-order valence-electron chi connectivity index (χ2n) is 7.32. The fourth-order valence-corrected chi connectivity index (χ4v) is 2.57. The number of aliphatic carboxylic acids is 1. The van der Waals surface area contributed by atoms with Crippen LogP contribution >= 0.6 is 0 Å². The van der Waals surface area contributed by atoms with E-state index in [0.29, 0.717) is 12.3 Å². The average Bonchev–Trinajstić information content (AvgIpc) is 2.27. The van der Waals surface area contributed by atoms with Crippen LogP contribution in [0, 0.1) is 11.8 Å². The minimum absolute atomic E-state index is 0.354. The summed E-state index contributed by atoms with van der Waals surface area (Å²) in [6, 6.07) is 0. The third-order valence-electron chi connectivity index (χ3n) is 3.54. The van der Waals surface area contributed by atoms with Gasteiger partial charge < -0.3 is 15.2 Å². The number of alkyl carbamates (subject to hydrolysis) is 1. The van der Waals surface area contributed by atoms with Crippen molar-refractivity contribution in [2.75, 3.05) is 0 Å². The molecule has 0 aromatic rings. The monoisotopic (exact) mass is 309 g/mol. The maximum atomic E-state index is 12.2. The lowest BCUT2D eigenvalue weighted by molar-refractivity contribution is -0.141. The van der Waals surface area contributed by atoms with E-state index >= 15 is 0 Å². The highest BCUT2D eigenvalue weighted by Gasteiger charge is 2.44. The van der Waals surface area contributed by atoms with Gasteiger partial charge in [-0.1, -0.05) is 32.1 Å². The molecule has 1 rings (SSSR count). The Morgan fingerprint density at radius 1 is 1.41 bits per heavy atom. The molecular weight excluding hydrogens is 282 g/mol. The Morgan fingerprint density at radius 2 is 2.00 bits per heavy atom. The summed E-state index contributed by atoms with van der Waals surface area (Å²) in [7, 11) is 0. The van der Waals surface area contributed by atoms with E-state index < -0.39 is 29.1 Å². The predicted molar refractivity (Wildman–Crippen MR) is 85.6 cm³/mol. The van der Waals surface area contributed by atoms with Gasteiger partial charge in [-0.15, -0.1) is 0 Å². The fraction of sp³-hybridized carbons (Fsp3) is 0.647. The number of hydrogen-bond donors (Lipinski definition) is 2. The molecule has 0 bridgehead atoms. The van der Waals surface area contributed by atoms with Crippen molar-refractivity contribution in [3.05, 3.63) is 23.8 Å². The standard InChI is InChI=1S/C17H27NO4/c1-11(2)10-12-8-7-9-13(14(19)20)17(12,6)18-15(21)22-16(3,4)5/h7-9,11,13H,10H2,1-6H3,(H,18,21)(H,19,20). The maximum Gasteiger partial charge on any atom is 0.408 e. The molecule has 1 aliphatic carbocycles. The summed E-state index contributed by atoms with van der Waals surface area (Å²) in [4.78, 5) is 23.8. The van der Waals surface area contributed by atoms with Gasteiger partial charge in [-0.3, -0.25) is 4.79 Å². The van der Waals surface area contributed by atoms with Crippen LogP contribution in [-0.2, 0) is 9.53 Å². The van der Waals surface area contributed by atoms with Crippen molar-refractivity contribution in [2.45, 2.75) is 59.1 Å². The van der Waals surface area contributed by atoms with Gasteiger partial charge in [0.15, 0.2) is 0 Å². The van der Waals surface area contributed by atoms with Gasteiger partial charge in [-0.05, 0) is 45.6 Å². The van der Waals surface area contributed by atoms with Crippen molar-refractivity contribution in [1.29, 1.82) is 0 Å². The number of carbonyl (C=O) groups is 2. The molecule has 0 heterocycles. The van der Waals surface area contributed by atoms with E-state index in [1.54, 1.807) is 39.8 Å². The lowest BCUT2D eigenvalue weighted by Gasteiger charge is -2.39. The van der Waals surface area contributed by atoms with Crippen LogP contribution in [0.25, 0.3) is 0 Å². The first-order valence-corrected chi connectivity index (χ1v) is 7.57. The summed E-state index contributed by atoms with van der Waals surface area (Å²) < 4.78 is 5.29. The molecule has 5 heteroatoms. The Labute approximate surface area is 132 Å². The molecule has 5 nitrogen and oxygen atoms in total. The van der Waals surface area contributed by atoms with Crippen molar-refractivity contribution in [2.24, 2.45) is 11.8 Å². The van der Waals surface area contributed by atoms with Crippen molar-refractivity contribution in [3.63, 3.8) is 0 Å². The van der Waals surface area contributed by atoms with Gasteiger partial charge in [0.05, 0.1) is 5.54 Å². The highest BCUT2D eigenvalue weighted by Crippen LogP contribution is 2.35. The summed E-state index contributed by atoms with van der Waals surface area (Å²) in [5.41, 5.74) is -0.734. The van der Waals surface area contributed by atoms with Crippen LogP contribution in [-0.4, -0.2) is 28.3 Å². The first kappa shape index (κ1) is 18.3. The molecule has 0 saturated heterocycles. The van der Waals surface area contributed by atoms with Gasteiger partial charge >= 0.3 is 12.1 Å². The zero-order valence-corrected chi connectivity index (χ0v) is 14.3. The SMILES string of the molecule is CC(C)CC1=CC=CC(C(=O)O)C1(C)NC(=O)OC(C)(C)C. The van der Waals surface area contributed by atoms with Crippen LogP contribution in [0.2, 0.25) is 0 Å². The van der Waals surface area contributed by atoms with Crippen molar-refractivity contribution >= 4 is 12.1 Å². The number of rotatable bonds is 4. The summed E-state index contributed by atoms with van der Waals surface area (Å²) in [6.07, 6.45) is 5.33. The smallest absolute Gasteiger partial charge is 0.408 e. The molecule has 0 saturated carbocycles. The number of carbonyl (C=O) groups excluding carboxylic acids is 1. The molecule has 1 aliphatic rings. The topological polar surface area (TPSA) is 75.6 Å². The molecule has 2 unspecified atom stereocenters. The summed E-state index contributed by atoms with van der Waals surface area (Å²) in [5.74, 6) is -1.44. The highest BCUT2D eigenvalue weighted by atomic mass is 16.6. The van der Waals surface area contributed by atoms with Crippen LogP contribution in [0.3, 0.4) is 0 Å². The number of hydrogen-bond acceptors (Lipinski definition) is 3. The number of nitrogens with one attached hydrogen (secondary N) is 1. The molecule has 0 fully saturated rings. The van der Waals surface area contributed by atoms with Crippen LogP contribution in [0.4, 0.5) is 4.79 Å². The van der Waals surface area contributed by atoms with E-state index in [9.17, 15) is 14.7 Å². The number of amides is 1. The van der Waals surface area contributed by atoms with Crippen LogP contribution in [0.15, 0.2) is 23.8 Å². The van der Waals surface area contributed by atoms with Crippen LogP contribution in [0.1, 0.15) is 48.0 Å².